The Morgan fingerprint density at radius 3 is 2.50 bits per heavy atom. The van der Waals surface area contributed by atoms with Crippen LogP contribution in [0.5, 0.6) is 0 Å². The quantitative estimate of drug-likeness (QED) is 0.676. The first-order chi connectivity index (χ1) is 5.74. The molecule has 0 radical (unpaired) electrons. The highest BCUT2D eigenvalue weighted by atomic mass is 16.3. The Bertz CT molecular complexity index is 235. The molecular weight excluding hydrogens is 156 g/mol. The van der Waals surface area contributed by atoms with Crippen molar-refractivity contribution in [2.45, 2.75) is 19.4 Å². The first-order valence-corrected chi connectivity index (χ1v) is 3.81. The number of aryl methyl sites for hydroxylation is 1. The van der Waals surface area contributed by atoms with E-state index in [1.165, 1.54) is 0 Å². The molecule has 1 heterocycles. The van der Waals surface area contributed by atoms with Gasteiger partial charge in [-0.2, -0.15) is 0 Å². The summed E-state index contributed by atoms with van der Waals surface area (Å²) >= 11 is 0. The third-order valence-corrected chi connectivity index (χ3v) is 1.59. The van der Waals surface area contributed by atoms with Crippen LogP contribution in [0.25, 0.3) is 0 Å². The van der Waals surface area contributed by atoms with Gasteiger partial charge in [0, 0.05) is 31.0 Å². The first-order valence-electron chi connectivity index (χ1n) is 3.81. The van der Waals surface area contributed by atoms with Gasteiger partial charge in [0.15, 0.2) is 0 Å². The van der Waals surface area contributed by atoms with E-state index in [0.717, 1.165) is 0 Å². The Morgan fingerprint density at radius 1 is 1.42 bits per heavy atom. The summed E-state index contributed by atoms with van der Waals surface area (Å²) in [7, 11) is 0. The van der Waals surface area contributed by atoms with Gasteiger partial charge in [-0.05, 0) is 6.92 Å². The fourth-order valence-electron chi connectivity index (χ4n) is 0.864. The van der Waals surface area contributed by atoms with Crippen molar-refractivity contribution in [2.75, 3.05) is 6.61 Å². The van der Waals surface area contributed by atoms with Gasteiger partial charge in [-0.1, -0.05) is 0 Å². The van der Waals surface area contributed by atoms with Crippen molar-refractivity contribution in [1.29, 1.82) is 0 Å². The highest BCUT2D eigenvalue weighted by Gasteiger charge is 2.06. The molecule has 0 amide bonds. The third-order valence-electron chi connectivity index (χ3n) is 1.59. The Hall–Kier alpha value is -1.00. The zero-order chi connectivity index (χ0) is 8.97. The second kappa shape index (κ2) is 4.13. The summed E-state index contributed by atoms with van der Waals surface area (Å²) in [5.41, 5.74) is 0.648. The Labute approximate surface area is 70.9 Å². The van der Waals surface area contributed by atoms with Crippen molar-refractivity contribution in [1.82, 2.24) is 9.97 Å². The van der Waals surface area contributed by atoms with E-state index in [-0.39, 0.29) is 6.61 Å². The van der Waals surface area contributed by atoms with Gasteiger partial charge in [0.1, 0.15) is 5.82 Å². The second-order valence-electron chi connectivity index (χ2n) is 2.59. The molecule has 0 bridgehead atoms. The molecule has 4 heteroatoms. The molecule has 0 saturated heterocycles. The maximum absolute atomic E-state index is 9.37. The van der Waals surface area contributed by atoms with Crippen LogP contribution in [0, 0.1) is 6.92 Å². The zero-order valence-electron chi connectivity index (χ0n) is 6.94. The second-order valence-corrected chi connectivity index (χ2v) is 2.59. The maximum atomic E-state index is 9.37. The van der Waals surface area contributed by atoms with Gasteiger partial charge in [-0.15, -0.1) is 0 Å². The predicted molar refractivity (Wildman–Crippen MR) is 43.4 cm³/mol. The van der Waals surface area contributed by atoms with Crippen molar-refractivity contribution in [3.05, 3.63) is 23.8 Å². The molecular formula is C8H12N2O2. The molecule has 1 atom stereocenters. The average molecular weight is 168 g/mol. The summed E-state index contributed by atoms with van der Waals surface area (Å²) in [4.78, 5) is 7.86. The van der Waals surface area contributed by atoms with Gasteiger partial charge >= 0.3 is 0 Å². The van der Waals surface area contributed by atoms with E-state index >= 15 is 0 Å². The molecule has 66 valence electrons. The molecule has 0 aliphatic rings. The van der Waals surface area contributed by atoms with E-state index in [2.05, 4.69) is 9.97 Å². The largest absolute Gasteiger partial charge is 0.396 e. The molecule has 0 spiro atoms. The molecule has 1 aromatic rings. The van der Waals surface area contributed by atoms with Crippen LogP contribution in [0.15, 0.2) is 12.4 Å². The minimum absolute atomic E-state index is 0.0327. The van der Waals surface area contributed by atoms with Gasteiger partial charge in [0.2, 0.25) is 0 Å². The van der Waals surface area contributed by atoms with Gasteiger partial charge in [-0.25, -0.2) is 9.97 Å². The summed E-state index contributed by atoms with van der Waals surface area (Å²) in [6.45, 7) is 1.75. The van der Waals surface area contributed by atoms with E-state index in [9.17, 15) is 5.11 Å². The van der Waals surface area contributed by atoms with Crippen LogP contribution in [-0.4, -0.2) is 26.8 Å². The van der Waals surface area contributed by atoms with Crippen LogP contribution in [0.4, 0.5) is 0 Å². The van der Waals surface area contributed by atoms with Crippen LogP contribution in [0.3, 0.4) is 0 Å². The van der Waals surface area contributed by atoms with Gasteiger partial charge in [0.25, 0.3) is 0 Å². The lowest BCUT2D eigenvalue weighted by Gasteiger charge is -2.07. The number of rotatable bonds is 3. The molecule has 1 unspecified atom stereocenters. The molecule has 4 nitrogen and oxygen atoms in total. The van der Waals surface area contributed by atoms with Crippen molar-refractivity contribution < 1.29 is 10.2 Å². The lowest BCUT2D eigenvalue weighted by molar-refractivity contribution is 0.133. The number of hydrogen-bond donors (Lipinski definition) is 2. The number of nitrogens with zero attached hydrogens (tertiary/aromatic N) is 2. The summed E-state index contributed by atoms with van der Waals surface area (Å²) in [5.74, 6) is 0.676. The lowest BCUT2D eigenvalue weighted by atomic mass is 10.1. The van der Waals surface area contributed by atoms with Crippen molar-refractivity contribution in [2.24, 2.45) is 0 Å². The predicted octanol–water partition coefficient (Wildman–Crippen LogP) is 0.201. The van der Waals surface area contributed by atoms with Crippen molar-refractivity contribution >= 4 is 0 Å². The fraction of sp³-hybridized carbons (Fsp3) is 0.500. The molecule has 0 fully saturated rings. The molecule has 1 rings (SSSR count). The maximum Gasteiger partial charge on any atom is 0.125 e. The molecule has 0 aliphatic heterocycles. The minimum atomic E-state index is -0.657. The lowest BCUT2D eigenvalue weighted by Crippen LogP contribution is -2.02. The normalized spacial score (nSPS) is 12.9. The number of aliphatic hydroxyl groups excluding tert-OH is 2. The monoisotopic (exact) mass is 168 g/mol. The topological polar surface area (TPSA) is 66.2 Å². The Kier molecular flexibility index (Phi) is 3.13. The summed E-state index contributed by atoms with van der Waals surface area (Å²) in [5, 5.41) is 17.9. The number of aromatic nitrogens is 2. The van der Waals surface area contributed by atoms with Crippen LogP contribution < -0.4 is 0 Å². The summed E-state index contributed by atoms with van der Waals surface area (Å²) in [6.07, 6.45) is 2.81. The average Bonchev–Trinajstić information content (AvgIpc) is 2.06. The summed E-state index contributed by atoms with van der Waals surface area (Å²) in [6, 6.07) is 0. The first kappa shape index (κ1) is 9.09. The Balaban J connectivity index is 2.68. The SMILES string of the molecule is Cc1ncc(C(O)CCO)cn1. The fourth-order valence-corrected chi connectivity index (χ4v) is 0.864. The van der Waals surface area contributed by atoms with E-state index in [0.29, 0.717) is 17.8 Å². The zero-order valence-corrected chi connectivity index (χ0v) is 6.94. The molecule has 0 aromatic carbocycles. The summed E-state index contributed by atoms with van der Waals surface area (Å²) < 4.78 is 0. The van der Waals surface area contributed by atoms with E-state index < -0.39 is 6.10 Å². The highest BCUT2D eigenvalue weighted by molar-refractivity contribution is 5.08. The third kappa shape index (κ3) is 2.25. The van der Waals surface area contributed by atoms with Crippen LogP contribution in [0.2, 0.25) is 0 Å². The van der Waals surface area contributed by atoms with Crippen LogP contribution in [-0.2, 0) is 0 Å². The molecule has 2 N–H and O–H groups in total. The van der Waals surface area contributed by atoms with Crippen LogP contribution >= 0.6 is 0 Å². The van der Waals surface area contributed by atoms with Gasteiger partial charge in [-0.3, -0.25) is 0 Å². The Morgan fingerprint density at radius 2 is 2.00 bits per heavy atom. The van der Waals surface area contributed by atoms with E-state index in [1.54, 1.807) is 19.3 Å². The van der Waals surface area contributed by atoms with Crippen molar-refractivity contribution in [3.8, 4) is 0 Å². The molecule has 0 aliphatic carbocycles. The number of aliphatic hydroxyl groups is 2. The molecule has 12 heavy (non-hydrogen) atoms. The molecule has 0 saturated carbocycles. The van der Waals surface area contributed by atoms with E-state index in [4.69, 9.17) is 5.11 Å². The minimum Gasteiger partial charge on any atom is -0.396 e. The molecule has 1 aromatic heterocycles. The van der Waals surface area contributed by atoms with Gasteiger partial charge < -0.3 is 10.2 Å². The smallest absolute Gasteiger partial charge is 0.125 e. The highest BCUT2D eigenvalue weighted by Crippen LogP contribution is 2.13. The number of hydrogen-bond acceptors (Lipinski definition) is 4. The standard InChI is InChI=1S/C8H12N2O2/c1-6-9-4-7(5-10-6)8(12)2-3-11/h4-5,8,11-12H,2-3H2,1H3. The van der Waals surface area contributed by atoms with Crippen molar-refractivity contribution in [3.63, 3.8) is 0 Å². The van der Waals surface area contributed by atoms with Crippen LogP contribution in [0.1, 0.15) is 23.9 Å². The van der Waals surface area contributed by atoms with Gasteiger partial charge in [0.05, 0.1) is 6.10 Å². The van der Waals surface area contributed by atoms with E-state index in [1.807, 2.05) is 0 Å².